The Morgan fingerprint density at radius 3 is 0.757 bits per heavy atom. The van der Waals surface area contributed by atoms with E-state index in [1.165, 1.54) is 0 Å². The second-order valence-electron chi connectivity index (χ2n) is 13.5. The number of carbonyl (C=O) groups is 2. The molecule has 2 aromatic rings. The van der Waals surface area contributed by atoms with Gasteiger partial charge in [0, 0.05) is 38.7 Å². The molecule has 2 rings (SSSR count). The first-order chi connectivity index (χ1) is 15.9. The van der Waals surface area contributed by atoms with Gasteiger partial charge in [-0.2, -0.15) is 0 Å². The van der Waals surface area contributed by atoms with E-state index in [-0.39, 0.29) is 60.8 Å². The average molecular weight is 559 g/mol. The Kier molecular flexibility index (Phi) is 10.7. The van der Waals surface area contributed by atoms with Crippen molar-refractivity contribution in [3.05, 3.63) is 57.6 Å². The van der Waals surface area contributed by atoms with Crippen LogP contribution in [0, 0.1) is 0 Å². The van der Waals surface area contributed by atoms with Crippen LogP contribution in [-0.4, -0.2) is 32.4 Å². The van der Waals surface area contributed by atoms with E-state index in [4.69, 9.17) is 0 Å². The Morgan fingerprint density at radius 2 is 0.649 bits per heavy atom. The van der Waals surface area contributed by atoms with Gasteiger partial charge in [-0.15, -0.1) is 0 Å². The van der Waals surface area contributed by atoms with E-state index in [2.05, 4.69) is 0 Å². The van der Waals surface area contributed by atoms with E-state index in [1.54, 1.807) is 24.3 Å². The standard InChI is InChI=1S/2C15H22O3.Ni/c2*1-14(2,3)10-7-9(13(17)18)8-11(12(10)16)15(4,5)6;/h2*7-8,16H,1-6H3,(H,17,18);. The van der Waals surface area contributed by atoms with E-state index in [0.717, 1.165) is 0 Å². The van der Waals surface area contributed by atoms with Crippen molar-refractivity contribution in [3.8, 4) is 11.5 Å². The van der Waals surface area contributed by atoms with Crippen molar-refractivity contribution < 1.29 is 46.5 Å². The van der Waals surface area contributed by atoms with Crippen LogP contribution < -0.4 is 0 Å². The van der Waals surface area contributed by atoms with Crippen LogP contribution in [-0.2, 0) is 38.2 Å². The second-order valence-corrected chi connectivity index (χ2v) is 13.5. The number of phenolic OH excluding ortho intramolecular Hbond substituents is 2. The minimum Gasteiger partial charge on any atom is -0.507 e. The van der Waals surface area contributed by atoms with Gasteiger partial charge in [-0.3, -0.25) is 0 Å². The van der Waals surface area contributed by atoms with Gasteiger partial charge in [0.05, 0.1) is 11.1 Å². The van der Waals surface area contributed by atoms with Crippen LogP contribution >= 0.6 is 0 Å². The Morgan fingerprint density at radius 1 is 0.486 bits per heavy atom. The molecule has 0 spiro atoms. The van der Waals surface area contributed by atoms with E-state index >= 15 is 0 Å². The van der Waals surface area contributed by atoms with Gasteiger partial charge in [-0.25, -0.2) is 9.59 Å². The molecule has 0 unspecified atom stereocenters. The summed E-state index contributed by atoms with van der Waals surface area (Å²) >= 11 is 0. The molecular weight excluding hydrogens is 515 g/mol. The van der Waals surface area contributed by atoms with Crippen molar-refractivity contribution in [2.75, 3.05) is 0 Å². The van der Waals surface area contributed by atoms with Crippen LogP contribution in [0.2, 0.25) is 0 Å². The molecule has 37 heavy (non-hydrogen) atoms. The molecule has 0 aromatic heterocycles. The third kappa shape index (κ3) is 8.77. The van der Waals surface area contributed by atoms with Gasteiger partial charge >= 0.3 is 11.9 Å². The summed E-state index contributed by atoms with van der Waals surface area (Å²) in [6.45, 7) is 23.5. The first-order valence-electron chi connectivity index (χ1n) is 12.1. The summed E-state index contributed by atoms with van der Waals surface area (Å²) in [5.41, 5.74) is 1.96. The number of phenols is 2. The zero-order chi connectivity index (χ0) is 28.6. The predicted molar refractivity (Wildman–Crippen MR) is 145 cm³/mol. The molecule has 0 heterocycles. The average Bonchev–Trinajstić information content (AvgIpc) is 2.64. The van der Waals surface area contributed by atoms with Crippen molar-refractivity contribution >= 4 is 11.9 Å². The summed E-state index contributed by atoms with van der Waals surface area (Å²) in [5.74, 6) is -1.52. The molecule has 4 N–H and O–H groups in total. The molecule has 0 radical (unpaired) electrons. The summed E-state index contributed by atoms with van der Waals surface area (Å²) < 4.78 is 0. The smallest absolute Gasteiger partial charge is 0.335 e. The van der Waals surface area contributed by atoms with E-state index in [1.807, 2.05) is 83.1 Å². The minimum atomic E-state index is -0.967. The summed E-state index contributed by atoms with van der Waals surface area (Å²) in [6.07, 6.45) is 0. The summed E-state index contributed by atoms with van der Waals surface area (Å²) in [7, 11) is 0. The zero-order valence-corrected chi connectivity index (χ0v) is 25.2. The van der Waals surface area contributed by atoms with Crippen molar-refractivity contribution in [1.82, 2.24) is 0 Å². The monoisotopic (exact) mass is 558 g/mol. The van der Waals surface area contributed by atoms with Gasteiger partial charge in [0.2, 0.25) is 0 Å². The van der Waals surface area contributed by atoms with E-state index in [9.17, 15) is 30.0 Å². The quantitative estimate of drug-likeness (QED) is 0.286. The third-order valence-electron chi connectivity index (χ3n) is 5.95. The molecule has 0 atom stereocenters. The summed E-state index contributed by atoms with van der Waals surface area (Å²) in [4.78, 5) is 22.4. The fraction of sp³-hybridized carbons (Fsp3) is 0.533. The fourth-order valence-electron chi connectivity index (χ4n) is 3.80. The van der Waals surface area contributed by atoms with Crippen molar-refractivity contribution in [3.63, 3.8) is 0 Å². The number of aromatic hydroxyl groups is 2. The molecule has 0 fully saturated rings. The van der Waals surface area contributed by atoms with Gasteiger partial charge < -0.3 is 20.4 Å². The predicted octanol–water partition coefficient (Wildman–Crippen LogP) is 7.37. The van der Waals surface area contributed by atoms with E-state index in [0.29, 0.717) is 22.3 Å². The van der Waals surface area contributed by atoms with Gasteiger partial charge in [-0.05, 0) is 45.9 Å². The maximum atomic E-state index is 11.2. The van der Waals surface area contributed by atoms with E-state index < -0.39 is 11.9 Å². The zero-order valence-electron chi connectivity index (χ0n) is 24.2. The Labute approximate surface area is 232 Å². The fourth-order valence-corrected chi connectivity index (χ4v) is 3.80. The molecule has 210 valence electrons. The topological polar surface area (TPSA) is 115 Å². The van der Waals surface area contributed by atoms with Crippen LogP contribution in [0.15, 0.2) is 24.3 Å². The number of hydrogen-bond acceptors (Lipinski definition) is 4. The molecule has 0 saturated heterocycles. The van der Waals surface area contributed by atoms with Crippen LogP contribution in [0.25, 0.3) is 0 Å². The number of aromatic carboxylic acids is 2. The molecule has 0 amide bonds. The van der Waals surface area contributed by atoms with Gasteiger partial charge in [-0.1, -0.05) is 83.1 Å². The molecule has 0 saturated carbocycles. The number of benzene rings is 2. The van der Waals surface area contributed by atoms with Crippen molar-refractivity contribution in [1.29, 1.82) is 0 Å². The second kappa shape index (κ2) is 11.5. The largest absolute Gasteiger partial charge is 0.507 e. The van der Waals surface area contributed by atoms with Crippen LogP contribution in [0.5, 0.6) is 11.5 Å². The Bertz CT molecular complexity index is 975. The normalized spacial score (nSPS) is 12.2. The number of rotatable bonds is 2. The van der Waals surface area contributed by atoms with Crippen molar-refractivity contribution in [2.24, 2.45) is 0 Å². The number of hydrogen-bond donors (Lipinski definition) is 4. The van der Waals surface area contributed by atoms with Gasteiger partial charge in [0.1, 0.15) is 11.5 Å². The molecule has 0 aliphatic heterocycles. The maximum absolute atomic E-state index is 11.2. The first-order valence-corrected chi connectivity index (χ1v) is 12.1. The first kappa shape index (κ1) is 34.5. The SMILES string of the molecule is CC(C)(C)c1cc(C(=O)O)cc(C(C)(C)C)c1O.CC(C)(C)c1cc(C(=O)O)cc(C(C)(C)C)c1O.[Ni]. The number of carboxylic acids is 2. The Hall–Kier alpha value is -2.53. The summed E-state index contributed by atoms with van der Waals surface area (Å²) in [6, 6.07) is 6.25. The molecule has 0 aliphatic carbocycles. The molecule has 6 nitrogen and oxygen atoms in total. The van der Waals surface area contributed by atoms with Gasteiger partial charge in [0.25, 0.3) is 0 Å². The van der Waals surface area contributed by atoms with Crippen LogP contribution in [0.3, 0.4) is 0 Å². The third-order valence-corrected chi connectivity index (χ3v) is 5.95. The molecule has 7 heteroatoms. The number of carboxylic acid groups (broad SMARTS) is 2. The maximum Gasteiger partial charge on any atom is 0.335 e. The molecular formula is C30H44NiO6. The molecule has 0 aliphatic rings. The molecule has 0 bridgehead atoms. The van der Waals surface area contributed by atoms with Crippen LogP contribution in [0.1, 0.15) is 126 Å². The molecule has 2 aromatic carbocycles. The Balaban J connectivity index is 0.000000682. The summed E-state index contributed by atoms with van der Waals surface area (Å²) in [5, 5.41) is 39.1. The van der Waals surface area contributed by atoms with Crippen LogP contribution in [0.4, 0.5) is 0 Å². The van der Waals surface area contributed by atoms with Crippen molar-refractivity contribution in [2.45, 2.75) is 105 Å². The minimum absolute atomic E-state index is 0. The van der Waals surface area contributed by atoms with Gasteiger partial charge in [0.15, 0.2) is 0 Å².